The molecule has 0 spiro atoms. The molecule has 2 aromatic carbocycles. The van der Waals surface area contributed by atoms with E-state index in [9.17, 15) is 97.8 Å². The highest BCUT2D eigenvalue weighted by molar-refractivity contribution is 7.80. The largest absolute Gasteiger partial charge is 0.481 e. The van der Waals surface area contributed by atoms with Gasteiger partial charge >= 0.3 is 11.9 Å². The molecule has 35 nitrogen and oxygen atoms in total. The summed E-state index contributed by atoms with van der Waals surface area (Å²) < 4.78 is 0. The molecule has 21 N–H and O–H groups in total. The number of hydrogen-bond acceptors (Lipinski definition) is 20. The Kier molecular flexibility index (Phi) is 34.3. The van der Waals surface area contributed by atoms with E-state index in [1.807, 2.05) is 0 Å². The number of fused-ring (bicyclic) bond motifs is 2. The molecule has 0 aliphatic carbocycles. The minimum atomic E-state index is -1.93. The standard InChI is InChI=1S/C70H103N15O20S/c1-34(2)22-45(75-62(96)48(25-38-27-72-42-16-11-9-14-40(38)42)77-65(99)52(31-88)82-61(95)47(24-36(5)6)79-68(102)55-18-13-21-85(55)69(103)57(71)37(7)8)59(93)74-44(19-20-56(90)91)58(92)80-50(29-86)64(98)76-46(23-35(3)4)60(94)81-51(30-87)66(100)78-49(26-39-28-73-43-17-12-10-15-41(39)43)63(97)83-53(32-89)67(101)84-54(33-106)70(104)105/h9-12,14-17,27-28,34-37,44-55,57,72-73,86-89,106H,13,18-26,29-33,71H2,1-8H3,(H,74,93)(H,75,96)(H,76,98)(H,77,99)(H,78,100)(H,79,102)(H,80,92)(H,81,94)(H,82,95)(H,83,97)(H,84,101)(H,90,91)(H,104,105)/t44-,45-,46-,47-,48-,49-,50-,51-,52-,53-,54-,55-,57-/m0/s1. The van der Waals surface area contributed by atoms with Crippen LogP contribution >= 0.6 is 12.6 Å². The fourth-order valence-electron chi connectivity index (χ4n) is 11.8. The van der Waals surface area contributed by atoms with Gasteiger partial charge in [0.1, 0.15) is 72.5 Å². The number of nitrogens with two attached hydrogens (primary N) is 1. The number of aliphatic carboxylic acids is 2. The Morgan fingerprint density at radius 2 is 0.783 bits per heavy atom. The highest BCUT2D eigenvalue weighted by Gasteiger charge is 2.41. The van der Waals surface area contributed by atoms with Crippen LogP contribution in [0.4, 0.5) is 0 Å². The van der Waals surface area contributed by atoms with Gasteiger partial charge in [0, 0.05) is 65.8 Å². The Labute approximate surface area is 617 Å². The molecule has 36 heteroatoms. The van der Waals surface area contributed by atoms with E-state index < -0.39 is 207 Å². The summed E-state index contributed by atoms with van der Waals surface area (Å²) in [7, 11) is 0. The molecule has 1 aliphatic heterocycles. The van der Waals surface area contributed by atoms with Crippen molar-refractivity contribution in [3.8, 4) is 0 Å². The minimum absolute atomic E-state index is 0.0628. The van der Waals surface area contributed by atoms with Crippen LogP contribution < -0.4 is 64.2 Å². The molecule has 1 fully saturated rings. The maximum absolute atomic E-state index is 14.8. The third-order valence-electron chi connectivity index (χ3n) is 17.7. The summed E-state index contributed by atoms with van der Waals surface area (Å²) in [5.74, 6) is -16.4. The number of carbonyl (C=O) groups excluding carboxylic acids is 12. The number of carboxylic acid groups (broad SMARTS) is 2. The van der Waals surface area contributed by atoms with Crippen molar-refractivity contribution >= 4 is 117 Å². The van der Waals surface area contributed by atoms with Crippen LogP contribution in [0.2, 0.25) is 0 Å². The van der Waals surface area contributed by atoms with Crippen LogP contribution in [-0.2, 0) is 80.0 Å². The first-order chi connectivity index (χ1) is 50.1. The Balaban J connectivity index is 1.34. The van der Waals surface area contributed by atoms with Gasteiger partial charge in [0.25, 0.3) is 0 Å². The zero-order valence-electron chi connectivity index (χ0n) is 60.6. The second-order valence-corrected chi connectivity index (χ2v) is 28.2. The Morgan fingerprint density at radius 1 is 0.462 bits per heavy atom. The average Bonchev–Trinajstić information content (AvgIpc) is 1.66. The first-order valence-corrected chi connectivity index (χ1v) is 35.8. The number of carbonyl (C=O) groups is 14. The Bertz CT molecular complexity index is 3730. The van der Waals surface area contributed by atoms with Crippen molar-refractivity contribution in [1.82, 2.24) is 73.4 Å². The lowest BCUT2D eigenvalue weighted by atomic mass is 9.99. The van der Waals surface area contributed by atoms with E-state index in [1.165, 1.54) is 4.90 Å². The van der Waals surface area contributed by atoms with Gasteiger partial charge in [-0.3, -0.25) is 62.3 Å². The smallest absolute Gasteiger partial charge is 0.327 e. The maximum atomic E-state index is 14.8. The molecular formula is C70H103N15O20S. The molecule has 2 aromatic heterocycles. The molecule has 0 radical (unpaired) electrons. The first-order valence-electron chi connectivity index (χ1n) is 35.1. The quantitative estimate of drug-likeness (QED) is 0.0193. The molecule has 12 amide bonds. The molecule has 1 aliphatic rings. The van der Waals surface area contributed by atoms with Crippen LogP contribution in [0.15, 0.2) is 60.9 Å². The number of aliphatic hydroxyl groups is 4. The van der Waals surface area contributed by atoms with Gasteiger partial charge in [-0.1, -0.05) is 91.8 Å². The van der Waals surface area contributed by atoms with E-state index in [0.717, 1.165) is 0 Å². The first kappa shape index (κ1) is 86.9. The lowest BCUT2D eigenvalue weighted by Crippen LogP contribution is -2.62. The molecule has 3 heterocycles. The molecule has 1 saturated heterocycles. The second-order valence-electron chi connectivity index (χ2n) is 27.8. The van der Waals surface area contributed by atoms with Crippen molar-refractivity contribution in [2.75, 3.05) is 38.7 Å². The lowest BCUT2D eigenvalue weighted by molar-refractivity contribution is -0.142. The molecule has 584 valence electrons. The molecule has 0 unspecified atom stereocenters. The van der Waals surface area contributed by atoms with E-state index in [1.54, 1.807) is 116 Å². The predicted octanol–water partition coefficient (Wildman–Crippen LogP) is -3.27. The van der Waals surface area contributed by atoms with Gasteiger partial charge in [-0.2, -0.15) is 12.6 Å². The Hall–Kier alpha value is -9.75. The predicted molar refractivity (Wildman–Crippen MR) is 388 cm³/mol. The molecule has 0 bridgehead atoms. The maximum Gasteiger partial charge on any atom is 0.327 e. The van der Waals surface area contributed by atoms with E-state index >= 15 is 0 Å². The SMILES string of the molecule is CC(C)C[C@H](NC(=O)[C@H](CO)NC(=O)[C@H](CCC(=O)O)NC(=O)[C@H](CC(C)C)NC(=O)[C@H](Cc1c[nH]c2ccccc12)NC(=O)[C@H](CO)NC(=O)[C@H](CC(C)C)NC(=O)[C@@H]1CCCN1C(=O)[C@@H](N)C(C)C)C(=O)N[C@@H](CO)C(=O)N[C@@H](Cc1c[nH]c2ccccc12)C(=O)N[C@@H](CO)C(=O)N[C@@H](CS)C(=O)O. The van der Waals surface area contributed by atoms with Crippen molar-refractivity contribution in [1.29, 1.82) is 0 Å². The molecule has 0 saturated carbocycles. The highest BCUT2D eigenvalue weighted by atomic mass is 32.1. The number of thiol groups is 1. The van der Waals surface area contributed by atoms with Crippen molar-refractivity contribution in [2.24, 2.45) is 29.4 Å². The minimum Gasteiger partial charge on any atom is -0.481 e. The fraction of sp³-hybridized carbons (Fsp3) is 0.571. The number of hydrogen-bond donors (Lipinski definition) is 21. The number of rotatable bonds is 43. The third kappa shape index (κ3) is 25.5. The van der Waals surface area contributed by atoms with Gasteiger partial charge in [-0.05, 0) is 85.5 Å². The summed E-state index contributed by atoms with van der Waals surface area (Å²) in [6.07, 6.45) is 1.72. The number of H-pyrrole nitrogens is 2. The third-order valence-corrected chi connectivity index (χ3v) is 18.0. The van der Waals surface area contributed by atoms with Gasteiger partial charge in [0.2, 0.25) is 70.9 Å². The van der Waals surface area contributed by atoms with Gasteiger partial charge in [0.15, 0.2) is 0 Å². The zero-order valence-corrected chi connectivity index (χ0v) is 61.5. The summed E-state index contributed by atoms with van der Waals surface area (Å²) >= 11 is 3.91. The molecule has 5 rings (SSSR count). The monoisotopic (exact) mass is 1510 g/mol. The van der Waals surface area contributed by atoms with Crippen molar-refractivity contribution in [3.63, 3.8) is 0 Å². The molecule has 4 aromatic rings. The van der Waals surface area contributed by atoms with Crippen LogP contribution in [0.3, 0.4) is 0 Å². The normalized spacial score (nSPS) is 16.4. The van der Waals surface area contributed by atoms with Crippen LogP contribution in [0, 0.1) is 23.7 Å². The number of aromatic amines is 2. The number of likely N-dealkylation sites (tertiary alicyclic amines) is 1. The number of aliphatic hydroxyl groups excluding tert-OH is 4. The van der Waals surface area contributed by atoms with Crippen molar-refractivity contribution < 1.29 is 97.8 Å². The summed E-state index contributed by atoms with van der Waals surface area (Å²) in [6, 6.07) is -6.15. The number of amides is 12. The van der Waals surface area contributed by atoms with Crippen molar-refractivity contribution in [3.05, 3.63) is 72.1 Å². The number of nitrogens with zero attached hydrogens (tertiary/aromatic N) is 1. The molecular weight excluding hydrogens is 1400 g/mol. The van der Waals surface area contributed by atoms with Gasteiger partial charge in [-0.15, -0.1) is 0 Å². The second kappa shape index (κ2) is 41.8. The number of para-hydroxylation sites is 2. The number of nitrogens with one attached hydrogen (secondary N) is 13. The van der Waals surface area contributed by atoms with Crippen LogP contribution in [-0.4, -0.2) is 246 Å². The number of carboxylic acids is 2. The highest BCUT2D eigenvalue weighted by Crippen LogP contribution is 2.24. The lowest BCUT2D eigenvalue weighted by Gasteiger charge is -2.30. The van der Waals surface area contributed by atoms with Crippen LogP contribution in [0.5, 0.6) is 0 Å². The molecule has 106 heavy (non-hydrogen) atoms. The van der Waals surface area contributed by atoms with Gasteiger partial charge in [0.05, 0.1) is 32.5 Å². The van der Waals surface area contributed by atoms with E-state index in [0.29, 0.717) is 45.8 Å². The summed E-state index contributed by atoms with van der Waals surface area (Å²) in [4.78, 5) is 200. The van der Waals surface area contributed by atoms with Gasteiger partial charge in [-0.25, -0.2) is 4.79 Å². The topological polar surface area (TPSA) is 554 Å². The molecule has 13 atom stereocenters. The summed E-state index contributed by atoms with van der Waals surface area (Å²) in [5.41, 5.74) is 8.41. The van der Waals surface area contributed by atoms with Crippen LogP contribution in [0.1, 0.15) is 111 Å². The van der Waals surface area contributed by atoms with Crippen LogP contribution in [0.25, 0.3) is 21.8 Å². The van der Waals surface area contributed by atoms with E-state index in [-0.39, 0.29) is 62.2 Å². The van der Waals surface area contributed by atoms with Gasteiger partial charge < -0.3 is 110 Å². The fourth-order valence-corrected chi connectivity index (χ4v) is 12.1. The van der Waals surface area contributed by atoms with Crippen molar-refractivity contribution in [2.45, 2.75) is 192 Å². The zero-order chi connectivity index (χ0) is 78.8. The summed E-state index contributed by atoms with van der Waals surface area (Å²) in [5, 5.41) is 89.1. The van der Waals surface area contributed by atoms with E-state index in [2.05, 4.69) is 81.1 Å². The van der Waals surface area contributed by atoms with E-state index in [4.69, 9.17) is 5.73 Å². The summed E-state index contributed by atoms with van der Waals surface area (Å²) in [6.45, 7) is 9.77. The number of benzene rings is 2. The Morgan fingerprint density at radius 3 is 1.13 bits per heavy atom. The number of aromatic nitrogens is 2. The average molecular weight is 1510 g/mol.